The largest absolute Gasteiger partial charge is 0.871 e. The molecule has 3 aromatic rings. The number of unbranched alkanes of at least 4 members (excludes halogenated alkanes) is 2. The monoisotopic (exact) mass is 639 g/mol. The van der Waals surface area contributed by atoms with Gasteiger partial charge in [0.05, 0.1) is 45.0 Å². The molecule has 202 valence electrons. The van der Waals surface area contributed by atoms with Crippen LogP contribution in [0.15, 0.2) is 64.6 Å². The van der Waals surface area contributed by atoms with Crippen LogP contribution in [0.4, 0.5) is 22.7 Å². The van der Waals surface area contributed by atoms with Gasteiger partial charge in [-0.25, -0.2) is 4.98 Å². The number of nitrogens with zero attached hydrogens (tertiary/aromatic N) is 5. The number of pyridine rings is 1. The van der Waals surface area contributed by atoms with Crippen molar-refractivity contribution in [3.63, 3.8) is 0 Å². The molecule has 0 bridgehead atoms. The molecule has 11 nitrogen and oxygen atoms in total. The first kappa shape index (κ1) is 31.3. The first-order valence-electron chi connectivity index (χ1n) is 12.4. The van der Waals surface area contributed by atoms with Gasteiger partial charge in [0, 0.05) is 24.3 Å². The average Bonchev–Trinajstić information content (AvgIpc) is 2.92. The Hall–Kier alpha value is -3.87. The van der Waals surface area contributed by atoms with Crippen molar-refractivity contribution >= 4 is 56.3 Å². The SMILES string of the molecule is CCC[CH2][Sn+2][CH2]CCC.O=[N+]([O-])c1ccc([O-])c(N=Cc2cccc(C=Nc3cc([N+](=O)[O-])ccc3[O-])n2)c1. The van der Waals surface area contributed by atoms with Crippen molar-refractivity contribution in [1.29, 1.82) is 0 Å². The van der Waals surface area contributed by atoms with Crippen molar-refractivity contribution in [3.8, 4) is 11.5 Å². The second-order valence-electron chi connectivity index (χ2n) is 8.28. The van der Waals surface area contributed by atoms with Crippen molar-refractivity contribution in [3.05, 3.63) is 86.2 Å². The number of benzene rings is 2. The summed E-state index contributed by atoms with van der Waals surface area (Å²) in [5.41, 5.74) is -0.102. The van der Waals surface area contributed by atoms with E-state index in [-0.39, 0.29) is 43.9 Å². The molecule has 1 heterocycles. The third kappa shape index (κ3) is 11.2. The van der Waals surface area contributed by atoms with Crippen LogP contribution in [0.3, 0.4) is 0 Å². The first-order chi connectivity index (χ1) is 18.7. The van der Waals surface area contributed by atoms with Gasteiger partial charge in [-0.15, -0.1) is 0 Å². The topological polar surface area (TPSA) is 170 Å². The average molecular weight is 638 g/mol. The fourth-order valence-electron chi connectivity index (χ4n) is 3.05. The molecule has 0 saturated carbocycles. The predicted octanol–water partition coefficient (Wildman–Crippen LogP) is 5.67. The van der Waals surface area contributed by atoms with Crippen LogP contribution >= 0.6 is 0 Å². The summed E-state index contributed by atoms with van der Waals surface area (Å²) < 4.78 is 3.25. The Kier molecular flexibility index (Phi) is 13.6. The van der Waals surface area contributed by atoms with Gasteiger partial charge in [0.2, 0.25) is 0 Å². The van der Waals surface area contributed by atoms with Crippen LogP contribution < -0.4 is 10.2 Å². The molecule has 1 aromatic heterocycles. The minimum atomic E-state index is -0.633. The molecule has 0 N–H and O–H groups in total. The number of aliphatic imine (C=N–C) groups is 2. The van der Waals surface area contributed by atoms with E-state index in [0.717, 1.165) is 36.4 Å². The Bertz CT molecular complexity index is 1220. The van der Waals surface area contributed by atoms with E-state index in [4.69, 9.17) is 0 Å². The number of nitro groups is 2. The summed E-state index contributed by atoms with van der Waals surface area (Å²) in [6, 6.07) is 11.2. The molecule has 0 atom stereocenters. The number of rotatable bonds is 12. The zero-order chi connectivity index (χ0) is 28.6. The maximum absolute atomic E-state index is 11.8. The Morgan fingerprint density at radius 2 is 1.21 bits per heavy atom. The summed E-state index contributed by atoms with van der Waals surface area (Å²) in [7, 11) is 0. The van der Waals surface area contributed by atoms with E-state index in [1.54, 1.807) is 27.1 Å². The Morgan fingerprint density at radius 3 is 1.59 bits per heavy atom. The maximum Gasteiger partial charge on any atom is 0.271 e. The van der Waals surface area contributed by atoms with Gasteiger partial charge in [-0.3, -0.25) is 30.2 Å². The van der Waals surface area contributed by atoms with Crippen molar-refractivity contribution in [2.75, 3.05) is 0 Å². The standard InChI is InChI=1S/C19H13N5O6.2C4H9.Sn/c25-18-6-4-14(23(27)28)8-16(18)20-10-12-2-1-3-13(22-12)11-21-17-9-15(24(29)30)5-7-19(17)26;2*1-3-4-2;/h1-11,25-26H;2*1,3-4H2,2H3;/q;;;+2/p-2. The molecule has 2 aromatic carbocycles. The number of hydrogen-bond acceptors (Lipinski definition) is 9. The van der Waals surface area contributed by atoms with Crippen LogP contribution in [-0.4, -0.2) is 48.4 Å². The van der Waals surface area contributed by atoms with Gasteiger partial charge in [-0.1, -0.05) is 29.7 Å². The molecular formula is C27H29N5O6Sn. The molecule has 0 amide bonds. The molecule has 3 rings (SSSR count). The normalized spacial score (nSPS) is 10.7. The third-order valence-electron chi connectivity index (χ3n) is 5.18. The van der Waals surface area contributed by atoms with E-state index in [2.05, 4.69) is 28.8 Å². The molecule has 12 heteroatoms. The third-order valence-corrected chi connectivity index (χ3v) is 9.22. The second-order valence-corrected chi connectivity index (χ2v) is 12.6. The van der Waals surface area contributed by atoms with Gasteiger partial charge >= 0.3 is 69.5 Å². The molecule has 0 radical (unpaired) electrons. The number of aromatic nitrogens is 1. The van der Waals surface area contributed by atoms with Gasteiger partial charge in [0.15, 0.2) is 0 Å². The summed E-state index contributed by atoms with van der Waals surface area (Å²) in [6.07, 6.45) is 8.35. The quantitative estimate of drug-likeness (QED) is 0.0809. The Balaban J connectivity index is 0.000000510. The van der Waals surface area contributed by atoms with E-state index in [9.17, 15) is 30.4 Å². The minimum absolute atomic E-state index is 0.113. The summed E-state index contributed by atoms with van der Waals surface area (Å²) in [4.78, 5) is 32.5. The van der Waals surface area contributed by atoms with Crippen molar-refractivity contribution in [2.45, 2.75) is 48.4 Å². The maximum atomic E-state index is 11.8. The molecule has 0 unspecified atom stereocenters. The number of hydrogen-bond donors (Lipinski definition) is 0. The first-order valence-corrected chi connectivity index (χ1v) is 16.5. The summed E-state index contributed by atoms with van der Waals surface area (Å²) in [5.74, 6) is -0.966. The molecule has 0 aliphatic rings. The van der Waals surface area contributed by atoms with E-state index < -0.39 is 21.3 Å². The van der Waals surface area contributed by atoms with E-state index in [0.29, 0.717) is 11.4 Å². The summed E-state index contributed by atoms with van der Waals surface area (Å²) in [5, 5.41) is 45.2. The van der Waals surface area contributed by atoms with Crippen molar-refractivity contribution < 1.29 is 20.1 Å². The van der Waals surface area contributed by atoms with E-state index in [1.165, 1.54) is 38.1 Å². The van der Waals surface area contributed by atoms with Crippen molar-refractivity contribution in [1.82, 2.24) is 4.98 Å². The predicted molar refractivity (Wildman–Crippen MR) is 149 cm³/mol. The fourth-order valence-corrected chi connectivity index (χ4v) is 7.21. The van der Waals surface area contributed by atoms with Crippen molar-refractivity contribution in [2.24, 2.45) is 9.98 Å². The summed E-state index contributed by atoms with van der Waals surface area (Å²) >= 11 is 0.149. The molecule has 0 aliphatic carbocycles. The zero-order valence-electron chi connectivity index (χ0n) is 21.8. The fraction of sp³-hybridized carbons (Fsp3) is 0.296. The van der Waals surface area contributed by atoms with Gasteiger partial charge in [0.1, 0.15) is 0 Å². The van der Waals surface area contributed by atoms with Crippen LogP contribution in [0.1, 0.15) is 50.9 Å². The van der Waals surface area contributed by atoms with Crippen LogP contribution in [0.25, 0.3) is 0 Å². The second kappa shape index (κ2) is 16.9. The molecule has 0 fully saturated rings. The zero-order valence-corrected chi connectivity index (χ0v) is 24.6. The minimum Gasteiger partial charge on any atom is -0.871 e. The van der Waals surface area contributed by atoms with Crippen LogP contribution in [0.2, 0.25) is 8.87 Å². The molecule has 39 heavy (non-hydrogen) atoms. The van der Waals surface area contributed by atoms with Gasteiger partial charge in [-0.05, 0) is 12.1 Å². The Labute approximate surface area is 236 Å². The van der Waals surface area contributed by atoms with Crippen LogP contribution in [0.5, 0.6) is 11.5 Å². The summed E-state index contributed by atoms with van der Waals surface area (Å²) in [6.45, 7) is 4.58. The molecule has 0 saturated heterocycles. The smallest absolute Gasteiger partial charge is 0.271 e. The van der Waals surface area contributed by atoms with Crippen LogP contribution in [-0.2, 0) is 0 Å². The number of non-ortho nitro benzene ring substituents is 2. The van der Waals surface area contributed by atoms with E-state index in [1.807, 2.05) is 0 Å². The molecular weight excluding hydrogens is 609 g/mol. The van der Waals surface area contributed by atoms with E-state index >= 15 is 0 Å². The van der Waals surface area contributed by atoms with Gasteiger partial charge < -0.3 is 10.2 Å². The number of nitro benzene ring substituents is 2. The van der Waals surface area contributed by atoms with Crippen LogP contribution in [0, 0.1) is 20.2 Å². The molecule has 0 spiro atoms. The van der Waals surface area contributed by atoms with Gasteiger partial charge in [-0.2, -0.15) is 0 Å². The van der Waals surface area contributed by atoms with Gasteiger partial charge in [0.25, 0.3) is 11.4 Å². The Morgan fingerprint density at radius 1 is 0.769 bits per heavy atom. The molecule has 0 aliphatic heterocycles.